The number of hydrogen-bond acceptors (Lipinski definition) is 4. The van der Waals surface area contributed by atoms with Gasteiger partial charge in [0.1, 0.15) is 11.3 Å². The first-order chi connectivity index (χ1) is 12.1. The molecule has 0 bridgehead atoms. The number of methoxy groups -OCH3 is 1. The van der Waals surface area contributed by atoms with Crippen LogP contribution < -0.4 is 10.5 Å². The average Bonchev–Trinajstić information content (AvgIpc) is 3.03. The van der Waals surface area contributed by atoms with Crippen LogP contribution in [-0.2, 0) is 6.42 Å². The van der Waals surface area contributed by atoms with E-state index < -0.39 is 0 Å². The topological polar surface area (TPSA) is 65.4 Å². The number of aromatic nitrogens is 3. The molecule has 126 valence electrons. The van der Waals surface area contributed by atoms with Crippen molar-refractivity contribution in [3.8, 4) is 5.75 Å². The van der Waals surface area contributed by atoms with Crippen molar-refractivity contribution in [1.29, 1.82) is 0 Å². The molecule has 0 fully saturated rings. The van der Waals surface area contributed by atoms with Crippen LogP contribution in [-0.4, -0.2) is 21.7 Å². The number of halogens is 2. The van der Waals surface area contributed by atoms with Crippen LogP contribution in [0.4, 0.5) is 5.95 Å². The van der Waals surface area contributed by atoms with Crippen molar-refractivity contribution < 1.29 is 4.74 Å². The molecule has 4 rings (SSSR count). The Morgan fingerprint density at radius 1 is 1.16 bits per heavy atom. The van der Waals surface area contributed by atoms with E-state index in [1.807, 2.05) is 36.4 Å². The standard InChI is InChI=1S/C18H14Cl2N4O/c1-25-15-7-3-5-12-14-9-11(23-24(14)18(21)22-17(12)15)8-10-4-2-6-13(19)16(10)20/h2-7,9H,8H2,1H3,(H2,21,22). The van der Waals surface area contributed by atoms with Crippen molar-refractivity contribution >= 4 is 45.6 Å². The zero-order chi connectivity index (χ0) is 17.6. The van der Waals surface area contributed by atoms with Crippen LogP contribution in [0.25, 0.3) is 16.4 Å². The second-order valence-electron chi connectivity index (χ2n) is 5.65. The van der Waals surface area contributed by atoms with Crippen molar-refractivity contribution in [3.05, 3.63) is 63.8 Å². The van der Waals surface area contributed by atoms with Crippen LogP contribution in [0.2, 0.25) is 10.0 Å². The van der Waals surface area contributed by atoms with Gasteiger partial charge in [-0.15, -0.1) is 0 Å². The van der Waals surface area contributed by atoms with Gasteiger partial charge < -0.3 is 10.5 Å². The van der Waals surface area contributed by atoms with E-state index in [0.29, 0.717) is 33.7 Å². The third kappa shape index (κ3) is 2.65. The van der Waals surface area contributed by atoms with Crippen LogP contribution >= 0.6 is 23.2 Å². The van der Waals surface area contributed by atoms with Crippen molar-refractivity contribution in [1.82, 2.24) is 14.6 Å². The number of rotatable bonds is 3. The first kappa shape index (κ1) is 16.0. The lowest BCUT2D eigenvalue weighted by Crippen LogP contribution is -2.03. The number of benzene rings is 2. The summed E-state index contributed by atoms with van der Waals surface area (Å²) in [5, 5.41) is 6.56. The maximum Gasteiger partial charge on any atom is 0.222 e. The Bertz CT molecular complexity index is 1110. The van der Waals surface area contributed by atoms with Crippen molar-refractivity contribution in [2.24, 2.45) is 0 Å². The van der Waals surface area contributed by atoms with Gasteiger partial charge in [-0.2, -0.15) is 9.61 Å². The number of fused-ring (bicyclic) bond motifs is 3. The fraction of sp³-hybridized carbons (Fsp3) is 0.111. The van der Waals surface area contributed by atoms with E-state index in [4.69, 9.17) is 33.7 Å². The Morgan fingerprint density at radius 2 is 1.96 bits per heavy atom. The fourth-order valence-corrected chi connectivity index (χ4v) is 3.32. The van der Waals surface area contributed by atoms with Crippen LogP contribution in [0, 0.1) is 0 Å². The number of para-hydroxylation sites is 1. The Kier molecular flexibility index (Phi) is 3.90. The highest BCUT2D eigenvalue weighted by atomic mass is 35.5. The zero-order valence-corrected chi connectivity index (χ0v) is 14.8. The first-order valence-electron chi connectivity index (χ1n) is 7.62. The van der Waals surface area contributed by atoms with Gasteiger partial charge in [0.15, 0.2) is 0 Å². The normalized spacial score (nSPS) is 11.3. The number of nitrogen functional groups attached to an aromatic ring is 1. The molecule has 0 atom stereocenters. The Morgan fingerprint density at radius 3 is 2.76 bits per heavy atom. The maximum atomic E-state index is 6.29. The van der Waals surface area contributed by atoms with Gasteiger partial charge >= 0.3 is 0 Å². The minimum Gasteiger partial charge on any atom is -0.494 e. The number of anilines is 1. The Hall–Kier alpha value is -2.50. The molecule has 25 heavy (non-hydrogen) atoms. The lowest BCUT2D eigenvalue weighted by Gasteiger charge is -2.07. The average molecular weight is 373 g/mol. The minimum atomic E-state index is 0.301. The second kappa shape index (κ2) is 6.10. The predicted octanol–water partition coefficient (Wildman–Crippen LogP) is 4.37. The van der Waals surface area contributed by atoms with Crippen LogP contribution in [0.1, 0.15) is 11.3 Å². The summed E-state index contributed by atoms with van der Waals surface area (Å²) in [6, 6.07) is 13.3. The van der Waals surface area contributed by atoms with Gasteiger partial charge in [0, 0.05) is 11.8 Å². The lowest BCUT2D eigenvalue weighted by molar-refractivity contribution is 0.419. The molecule has 0 spiro atoms. The second-order valence-corrected chi connectivity index (χ2v) is 6.43. The number of nitrogens with two attached hydrogens (primary N) is 1. The summed E-state index contributed by atoms with van der Waals surface area (Å²) in [5.41, 5.74) is 9.41. The molecule has 7 heteroatoms. The van der Waals surface area contributed by atoms with Gasteiger partial charge in [0.25, 0.3) is 0 Å². The monoisotopic (exact) mass is 372 g/mol. The van der Waals surface area contributed by atoms with Crippen molar-refractivity contribution in [2.45, 2.75) is 6.42 Å². The molecule has 0 saturated carbocycles. The Balaban J connectivity index is 1.89. The van der Waals surface area contributed by atoms with Crippen LogP contribution in [0.5, 0.6) is 5.75 Å². The van der Waals surface area contributed by atoms with E-state index in [1.165, 1.54) is 0 Å². The summed E-state index contributed by atoms with van der Waals surface area (Å²) in [7, 11) is 1.61. The molecular weight excluding hydrogens is 359 g/mol. The quantitative estimate of drug-likeness (QED) is 0.579. The molecule has 2 aromatic heterocycles. The molecule has 2 aromatic carbocycles. The van der Waals surface area contributed by atoms with Crippen LogP contribution in [0.15, 0.2) is 42.5 Å². The van der Waals surface area contributed by atoms with Gasteiger partial charge in [0.2, 0.25) is 5.95 Å². The summed E-state index contributed by atoms with van der Waals surface area (Å²) in [6.45, 7) is 0. The fourth-order valence-electron chi connectivity index (χ4n) is 2.93. The van der Waals surface area contributed by atoms with Gasteiger partial charge in [-0.05, 0) is 23.8 Å². The van der Waals surface area contributed by atoms with Gasteiger partial charge in [0.05, 0.1) is 28.4 Å². The first-order valence-corrected chi connectivity index (χ1v) is 8.38. The highest BCUT2D eigenvalue weighted by Gasteiger charge is 2.14. The maximum absolute atomic E-state index is 6.29. The molecule has 2 heterocycles. The van der Waals surface area contributed by atoms with Crippen LogP contribution in [0.3, 0.4) is 0 Å². The molecule has 0 unspecified atom stereocenters. The van der Waals surface area contributed by atoms with Crippen molar-refractivity contribution in [2.75, 3.05) is 12.8 Å². The highest BCUT2D eigenvalue weighted by Crippen LogP contribution is 2.30. The number of ether oxygens (including phenoxy) is 1. The van der Waals surface area contributed by atoms with Gasteiger partial charge in [-0.1, -0.05) is 47.5 Å². The smallest absolute Gasteiger partial charge is 0.222 e. The molecular formula is C18H14Cl2N4O. The number of hydrogen-bond donors (Lipinski definition) is 1. The summed E-state index contributed by atoms with van der Waals surface area (Å²) in [6.07, 6.45) is 0.548. The van der Waals surface area contributed by atoms with E-state index in [9.17, 15) is 0 Å². The molecule has 0 saturated heterocycles. The molecule has 5 nitrogen and oxygen atoms in total. The molecule has 0 aliphatic heterocycles. The lowest BCUT2D eigenvalue weighted by atomic mass is 10.1. The van der Waals surface area contributed by atoms with E-state index in [1.54, 1.807) is 17.7 Å². The van der Waals surface area contributed by atoms with E-state index in [-0.39, 0.29) is 0 Å². The third-order valence-electron chi connectivity index (χ3n) is 4.10. The molecule has 2 N–H and O–H groups in total. The minimum absolute atomic E-state index is 0.301. The Labute approximate surface area is 153 Å². The van der Waals surface area contributed by atoms with Gasteiger partial charge in [-0.3, -0.25) is 0 Å². The predicted molar refractivity (Wildman–Crippen MR) is 101 cm³/mol. The van der Waals surface area contributed by atoms with E-state index in [2.05, 4.69) is 10.1 Å². The molecule has 0 amide bonds. The summed E-state index contributed by atoms with van der Waals surface area (Å²) >= 11 is 12.4. The molecule has 0 radical (unpaired) electrons. The molecule has 4 aromatic rings. The SMILES string of the molecule is COc1cccc2c1nc(N)n1nc(Cc3cccc(Cl)c3Cl)cc21. The number of nitrogens with zero attached hydrogens (tertiary/aromatic N) is 3. The van der Waals surface area contributed by atoms with E-state index >= 15 is 0 Å². The summed E-state index contributed by atoms with van der Waals surface area (Å²) in [5.74, 6) is 0.975. The summed E-state index contributed by atoms with van der Waals surface area (Å²) < 4.78 is 7.02. The van der Waals surface area contributed by atoms with Gasteiger partial charge in [-0.25, -0.2) is 4.98 Å². The summed E-state index contributed by atoms with van der Waals surface area (Å²) in [4.78, 5) is 4.43. The third-order valence-corrected chi connectivity index (χ3v) is 4.96. The molecule has 0 aliphatic carbocycles. The van der Waals surface area contributed by atoms with Crippen molar-refractivity contribution in [3.63, 3.8) is 0 Å². The van der Waals surface area contributed by atoms with E-state index in [0.717, 1.165) is 22.2 Å². The highest BCUT2D eigenvalue weighted by molar-refractivity contribution is 6.42. The molecule has 0 aliphatic rings. The zero-order valence-electron chi connectivity index (χ0n) is 13.3. The largest absolute Gasteiger partial charge is 0.494 e.